The third kappa shape index (κ3) is 4.07. The van der Waals surface area contributed by atoms with E-state index in [9.17, 15) is 0 Å². The lowest BCUT2D eigenvalue weighted by atomic mass is 9.72. The third-order valence-corrected chi connectivity index (χ3v) is 13.8. The molecule has 0 atom stereocenters. The maximum atomic E-state index is 2.59. The normalized spacial score (nSPS) is 16.4. The summed E-state index contributed by atoms with van der Waals surface area (Å²) in [5.74, 6) is 0. The van der Waals surface area contributed by atoms with E-state index in [1.807, 2.05) is 0 Å². The molecule has 1 saturated carbocycles. The molecule has 0 N–H and O–H groups in total. The number of benzene rings is 4. The summed E-state index contributed by atoms with van der Waals surface area (Å²) in [6, 6.07) is 36.9. The minimum Gasteiger partial charge on any atom is -0.200 e. The van der Waals surface area contributed by atoms with Crippen LogP contribution in [0.25, 0.3) is 33.5 Å². The first-order valence-corrected chi connectivity index (χ1v) is 18.2. The molecule has 41 heavy (non-hydrogen) atoms. The van der Waals surface area contributed by atoms with Gasteiger partial charge in [-0.25, -0.2) is 4.57 Å². The Balaban J connectivity index is 1.35. The summed E-state index contributed by atoms with van der Waals surface area (Å²) < 4.78 is 2.33. The lowest BCUT2D eigenvalue weighted by Crippen LogP contribution is -2.62. The zero-order valence-corrected chi connectivity index (χ0v) is 26.1. The van der Waals surface area contributed by atoms with Crippen molar-refractivity contribution in [3.05, 3.63) is 126 Å². The van der Waals surface area contributed by atoms with Gasteiger partial charge in [0.15, 0.2) is 6.20 Å². The van der Waals surface area contributed by atoms with Crippen LogP contribution in [0.15, 0.2) is 103 Å². The number of aromatic nitrogens is 1. The second-order valence-corrected chi connectivity index (χ2v) is 17.3. The van der Waals surface area contributed by atoms with E-state index in [0.29, 0.717) is 0 Å². The zero-order chi connectivity index (χ0) is 28.4. The van der Waals surface area contributed by atoms with Crippen molar-refractivity contribution in [1.82, 2.24) is 0 Å². The molecular formula is C39H40NSi+. The maximum absolute atomic E-state index is 2.59. The van der Waals surface area contributed by atoms with Crippen LogP contribution in [0.5, 0.6) is 0 Å². The Labute approximate surface area is 246 Å². The average Bonchev–Trinajstić information content (AvgIpc) is 3.49. The number of rotatable bonds is 3. The highest BCUT2D eigenvalue weighted by atomic mass is 28.3. The first kappa shape index (κ1) is 26.2. The molecule has 1 fully saturated rings. The van der Waals surface area contributed by atoms with E-state index < -0.39 is 8.07 Å². The van der Waals surface area contributed by atoms with Gasteiger partial charge < -0.3 is 0 Å². The lowest BCUT2D eigenvalue weighted by Gasteiger charge is -2.45. The van der Waals surface area contributed by atoms with Crippen LogP contribution in [0.1, 0.15) is 47.9 Å². The standard InChI is InChI=1S/C39H40NSi/c1-27-17-18-30(29-13-7-6-8-14-29)24-32(27)36-23-28(2)33(26-40(36)3)31-19-20-38-35(25-31)39(21-11-12-22-39)34-15-9-10-16-37(34)41(38,4)5/h6-10,13-20,23-26H,11-12,21-22H2,1-5H3/q+1. The minimum absolute atomic E-state index is 0.176. The van der Waals surface area contributed by atoms with Crippen molar-refractivity contribution in [2.75, 3.05) is 0 Å². The van der Waals surface area contributed by atoms with Crippen molar-refractivity contribution in [2.45, 2.75) is 58.0 Å². The fraction of sp³-hybridized carbons (Fsp3) is 0.256. The zero-order valence-electron chi connectivity index (χ0n) is 25.1. The van der Waals surface area contributed by atoms with Gasteiger partial charge >= 0.3 is 0 Å². The van der Waals surface area contributed by atoms with Crippen LogP contribution < -0.4 is 14.9 Å². The van der Waals surface area contributed by atoms with Gasteiger partial charge in [0.25, 0.3) is 0 Å². The van der Waals surface area contributed by atoms with Gasteiger partial charge in [0.1, 0.15) is 15.1 Å². The van der Waals surface area contributed by atoms with E-state index in [-0.39, 0.29) is 5.41 Å². The number of aryl methyl sites for hydroxylation is 3. The Morgan fingerprint density at radius 2 is 1.29 bits per heavy atom. The Morgan fingerprint density at radius 3 is 2.07 bits per heavy atom. The summed E-state index contributed by atoms with van der Waals surface area (Å²) in [5, 5.41) is 3.30. The van der Waals surface area contributed by atoms with E-state index >= 15 is 0 Å². The molecule has 2 aliphatic rings. The Hall–Kier alpha value is -3.75. The highest BCUT2D eigenvalue weighted by Gasteiger charge is 2.48. The maximum Gasteiger partial charge on any atom is 0.212 e. The van der Waals surface area contributed by atoms with Gasteiger partial charge in [0.2, 0.25) is 5.69 Å². The highest BCUT2D eigenvalue weighted by molar-refractivity contribution is 7.01. The molecule has 4 aromatic carbocycles. The van der Waals surface area contributed by atoms with E-state index in [1.165, 1.54) is 70.3 Å². The number of pyridine rings is 1. The van der Waals surface area contributed by atoms with Crippen molar-refractivity contribution in [3.8, 4) is 33.5 Å². The molecule has 0 amide bonds. The molecule has 0 bridgehead atoms. The molecule has 7 rings (SSSR count). The largest absolute Gasteiger partial charge is 0.212 e. The molecule has 1 nitrogen and oxygen atoms in total. The summed E-state index contributed by atoms with van der Waals surface area (Å²) in [6.07, 6.45) is 7.55. The second-order valence-electron chi connectivity index (χ2n) is 13.0. The first-order valence-electron chi connectivity index (χ1n) is 15.2. The van der Waals surface area contributed by atoms with Crippen LogP contribution in [0.4, 0.5) is 0 Å². The van der Waals surface area contributed by atoms with Gasteiger partial charge in [0, 0.05) is 22.6 Å². The molecule has 2 heterocycles. The Kier molecular flexibility index (Phi) is 6.17. The predicted molar refractivity (Wildman–Crippen MR) is 176 cm³/mol. The molecule has 0 unspecified atom stereocenters. The molecule has 1 aliphatic heterocycles. The van der Waals surface area contributed by atoms with Crippen LogP contribution >= 0.6 is 0 Å². The average molecular weight is 551 g/mol. The van der Waals surface area contributed by atoms with E-state index in [1.54, 1.807) is 21.5 Å². The molecule has 0 radical (unpaired) electrons. The molecule has 2 heteroatoms. The van der Waals surface area contributed by atoms with Crippen molar-refractivity contribution in [1.29, 1.82) is 0 Å². The van der Waals surface area contributed by atoms with Crippen molar-refractivity contribution < 1.29 is 4.57 Å². The van der Waals surface area contributed by atoms with E-state index in [4.69, 9.17) is 0 Å². The number of nitrogens with zero attached hydrogens (tertiary/aromatic N) is 1. The fourth-order valence-electron chi connectivity index (χ4n) is 7.93. The molecule has 1 spiro atoms. The van der Waals surface area contributed by atoms with Gasteiger partial charge in [0.05, 0.1) is 0 Å². The molecule has 1 aliphatic carbocycles. The van der Waals surface area contributed by atoms with Gasteiger partial charge in [-0.1, -0.05) is 121 Å². The predicted octanol–water partition coefficient (Wildman–Crippen LogP) is 8.13. The smallest absolute Gasteiger partial charge is 0.200 e. The molecule has 1 aromatic heterocycles. The second kappa shape index (κ2) is 9.67. The van der Waals surface area contributed by atoms with Gasteiger partial charge in [-0.3, -0.25) is 0 Å². The van der Waals surface area contributed by atoms with Gasteiger partial charge in [-0.05, 0) is 71.7 Å². The van der Waals surface area contributed by atoms with Gasteiger partial charge in [-0.2, -0.15) is 0 Å². The summed E-state index contributed by atoms with van der Waals surface area (Å²) in [6.45, 7) is 9.62. The van der Waals surface area contributed by atoms with Crippen LogP contribution in [0.2, 0.25) is 13.1 Å². The number of hydrogen-bond acceptors (Lipinski definition) is 0. The SMILES string of the molecule is Cc1cc(-c2cc(-c3ccccc3)ccc2C)[n+](C)cc1-c1ccc2c(c1)C1(CCCC1)c1ccccc1[Si]2(C)C. The van der Waals surface area contributed by atoms with E-state index in [0.717, 1.165) is 0 Å². The molecule has 0 saturated heterocycles. The fourth-order valence-corrected chi connectivity index (χ4v) is 11.2. The number of fused-ring (bicyclic) bond motifs is 4. The third-order valence-electron chi connectivity index (χ3n) is 10.2. The summed E-state index contributed by atoms with van der Waals surface area (Å²) in [4.78, 5) is 0. The Bertz CT molecular complexity index is 1790. The summed E-state index contributed by atoms with van der Waals surface area (Å²) >= 11 is 0. The van der Waals surface area contributed by atoms with Crippen LogP contribution in [0.3, 0.4) is 0 Å². The van der Waals surface area contributed by atoms with Gasteiger partial charge in [-0.15, -0.1) is 0 Å². The van der Waals surface area contributed by atoms with Crippen molar-refractivity contribution in [2.24, 2.45) is 7.05 Å². The monoisotopic (exact) mass is 550 g/mol. The topological polar surface area (TPSA) is 3.88 Å². The Morgan fingerprint density at radius 1 is 0.610 bits per heavy atom. The molecule has 5 aromatic rings. The quantitative estimate of drug-likeness (QED) is 0.158. The minimum atomic E-state index is -1.77. The molecular weight excluding hydrogens is 511 g/mol. The number of hydrogen-bond donors (Lipinski definition) is 0. The summed E-state index contributed by atoms with van der Waals surface area (Å²) in [5.41, 5.74) is 13.8. The first-order chi connectivity index (χ1) is 19.8. The van der Waals surface area contributed by atoms with Crippen molar-refractivity contribution >= 4 is 18.4 Å². The molecule has 204 valence electrons. The van der Waals surface area contributed by atoms with Crippen LogP contribution in [-0.2, 0) is 12.5 Å². The summed E-state index contributed by atoms with van der Waals surface area (Å²) in [7, 11) is 0.433. The van der Waals surface area contributed by atoms with Crippen molar-refractivity contribution in [3.63, 3.8) is 0 Å². The van der Waals surface area contributed by atoms with Crippen LogP contribution in [-0.4, -0.2) is 8.07 Å². The van der Waals surface area contributed by atoms with E-state index in [2.05, 4.69) is 142 Å². The highest BCUT2D eigenvalue weighted by Crippen LogP contribution is 2.49. The van der Waals surface area contributed by atoms with Crippen LogP contribution in [0, 0.1) is 13.8 Å². The lowest BCUT2D eigenvalue weighted by molar-refractivity contribution is -0.660.